The first kappa shape index (κ1) is 25.9. The molecule has 2 fully saturated rings. The SMILES string of the molecule is CC[C@@H]1C[C@]1(NC(=O)[C@@H]1CC(Oc2nccc3cc(OC)ccc23)CN1)C(=O)NS(=O)(=O)c1cn(C)cn1. The molecule has 2 aromatic heterocycles. The topological polar surface area (TPSA) is 154 Å². The fraction of sp³-hybridized carbons (Fsp3) is 0.440. The molecule has 0 radical (unpaired) electrons. The van der Waals surface area contributed by atoms with Crippen molar-refractivity contribution in [2.75, 3.05) is 13.7 Å². The molecule has 13 heteroatoms. The summed E-state index contributed by atoms with van der Waals surface area (Å²) in [5.74, 6) is -0.125. The van der Waals surface area contributed by atoms with Crippen molar-refractivity contribution < 1.29 is 27.5 Å². The molecule has 1 unspecified atom stereocenters. The van der Waals surface area contributed by atoms with Crippen molar-refractivity contribution in [1.82, 2.24) is 29.9 Å². The van der Waals surface area contributed by atoms with Gasteiger partial charge in [0.25, 0.3) is 15.9 Å². The highest BCUT2D eigenvalue weighted by atomic mass is 32.2. The smallest absolute Gasteiger partial charge is 0.283 e. The Morgan fingerprint density at radius 1 is 1.26 bits per heavy atom. The fourth-order valence-corrected chi connectivity index (χ4v) is 5.93. The van der Waals surface area contributed by atoms with E-state index in [9.17, 15) is 18.0 Å². The Morgan fingerprint density at radius 2 is 2.08 bits per heavy atom. The number of rotatable bonds is 9. The molecule has 2 aliphatic rings. The predicted molar refractivity (Wildman–Crippen MR) is 137 cm³/mol. The third-order valence-electron chi connectivity index (χ3n) is 7.15. The zero-order chi connectivity index (χ0) is 27.1. The van der Waals surface area contributed by atoms with Crippen LogP contribution in [0.1, 0.15) is 26.2 Å². The average Bonchev–Trinajstić information content (AvgIpc) is 3.17. The number of aromatic nitrogens is 3. The Morgan fingerprint density at radius 3 is 2.76 bits per heavy atom. The standard InChI is InChI=1S/C25H30N6O6S/c1-4-16-11-25(16,24(33)30-38(34,35)21-13-31(2)14-28-21)29-22(32)20-10-18(12-27-20)37-23-19-6-5-17(36-3)9-15(19)7-8-26-23/h5-9,13-14,16,18,20,27H,4,10-12H2,1-3H3,(H,29,32)(H,30,33)/t16-,18?,20+,25-/m1/s1. The number of imidazole rings is 1. The normalized spacial score (nSPS) is 24.7. The number of carbonyl (C=O) groups is 2. The van der Waals surface area contributed by atoms with Crippen LogP contribution in [0.2, 0.25) is 0 Å². The number of hydrogen-bond acceptors (Lipinski definition) is 9. The van der Waals surface area contributed by atoms with Crippen LogP contribution in [0.15, 0.2) is 48.0 Å². The van der Waals surface area contributed by atoms with Crippen LogP contribution in [0, 0.1) is 5.92 Å². The number of hydrogen-bond donors (Lipinski definition) is 3. The van der Waals surface area contributed by atoms with Gasteiger partial charge in [-0.1, -0.05) is 13.3 Å². The molecule has 1 aliphatic carbocycles. The number of amides is 2. The van der Waals surface area contributed by atoms with E-state index in [0.717, 1.165) is 16.5 Å². The number of ether oxygens (including phenoxy) is 2. The van der Waals surface area contributed by atoms with Crippen molar-refractivity contribution in [1.29, 1.82) is 0 Å². The van der Waals surface area contributed by atoms with E-state index in [1.807, 2.05) is 31.2 Å². The van der Waals surface area contributed by atoms with Crippen LogP contribution in [-0.2, 0) is 26.7 Å². The van der Waals surface area contributed by atoms with Crippen molar-refractivity contribution in [2.45, 2.75) is 48.9 Å². The summed E-state index contributed by atoms with van der Waals surface area (Å²) < 4.78 is 40.3. The van der Waals surface area contributed by atoms with E-state index in [0.29, 0.717) is 31.7 Å². The predicted octanol–water partition coefficient (Wildman–Crippen LogP) is 0.876. The van der Waals surface area contributed by atoms with Crippen LogP contribution in [0.3, 0.4) is 0 Å². The van der Waals surface area contributed by atoms with Crippen molar-refractivity contribution in [3.05, 3.63) is 43.0 Å². The maximum absolute atomic E-state index is 13.2. The van der Waals surface area contributed by atoms with Gasteiger partial charge in [-0.05, 0) is 42.0 Å². The lowest BCUT2D eigenvalue weighted by molar-refractivity contribution is -0.130. The van der Waals surface area contributed by atoms with Gasteiger partial charge >= 0.3 is 0 Å². The van der Waals surface area contributed by atoms with E-state index in [-0.39, 0.29) is 23.0 Å². The minimum absolute atomic E-state index is 0.171. The number of nitrogens with one attached hydrogen (secondary N) is 3. The van der Waals surface area contributed by atoms with Crippen LogP contribution in [-0.4, -0.2) is 66.1 Å². The molecular formula is C25H30N6O6S. The molecule has 1 aliphatic heterocycles. The number of sulfonamides is 1. The molecule has 3 N–H and O–H groups in total. The summed E-state index contributed by atoms with van der Waals surface area (Å²) >= 11 is 0. The number of aryl methyl sites for hydroxylation is 1. The maximum Gasteiger partial charge on any atom is 0.283 e. The summed E-state index contributed by atoms with van der Waals surface area (Å²) in [5, 5.41) is 7.46. The van der Waals surface area contributed by atoms with Crippen LogP contribution in [0.5, 0.6) is 11.6 Å². The summed E-state index contributed by atoms with van der Waals surface area (Å²) in [4.78, 5) is 34.5. The summed E-state index contributed by atoms with van der Waals surface area (Å²) in [7, 11) is -0.936. The van der Waals surface area contributed by atoms with Gasteiger partial charge < -0.3 is 24.7 Å². The molecule has 0 bridgehead atoms. The second-order valence-corrected chi connectivity index (χ2v) is 11.4. The highest BCUT2D eigenvalue weighted by Crippen LogP contribution is 2.46. The number of nitrogens with zero attached hydrogens (tertiary/aromatic N) is 3. The summed E-state index contributed by atoms with van der Waals surface area (Å²) in [6, 6.07) is 6.86. The molecule has 3 aromatic rings. The second-order valence-electron chi connectivity index (χ2n) is 9.72. The summed E-state index contributed by atoms with van der Waals surface area (Å²) in [6.07, 6.45) is 5.30. The van der Waals surface area contributed by atoms with Gasteiger partial charge in [-0.25, -0.2) is 14.7 Å². The lowest BCUT2D eigenvalue weighted by atomic mass is 10.1. The fourth-order valence-electron chi connectivity index (χ4n) is 4.91. The number of methoxy groups -OCH3 is 1. The van der Waals surface area contributed by atoms with Crippen LogP contribution >= 0.6 is 0 Å². The van der Waals surface area contributed by atoms with Crippen LogP contribution in [0.25, 0.3) is 10.8 Å². The molecule has 1 aromatic carbocycles. The van der Waals surface area contributed by atoms with Crippen molar-refractivity contribution >= 4 is 32.6 Å². The summed E-state index contributed by atoms with van der Waals surface area (Å²) in [6.45, 7) is 2.31. The molecule has 202 valence electrons. The van der Waals surface area contributed by atoms with Crippen molar-refractivity contribution in [2.24, 2.45) is 13.0 Å². The van der Waals surface area contributed by atoms with Gasteiger partial charge in [0.1, 0.15) is 17.4 Å². The van der Waals surface area contributed by atoms with E-state index in [2.05, 4.69) is 25.3 Å². The molecule has 12 nitrogen and oxygen atoms in total. The van der Waals surface area contributed by atoms with E-state index in [4.69, 9.17) is 9.47 Å². The quantitative estimate of drug-likeness (QED) is 0.357. The number of fused-ring (bicyclic) bond motifs is 1. The minimum Gasteiger partial charge on any atom is -0.497 e. The molecule has 38 heavy (non-hydrogen) atoms. The Kier molecular flexibility index (Phi) is 6.73. The number of pyridine rings is 1. The van der Waals surface area contributed by atoms with E-state index < -0.39 is 27.5 Å². The van der Waals surface area contributed by atoms with E-state index in [1.165, 1.54) is 17.1 Å². The number of carbonyl (C=O) groups excluding carboxylic acids is 2. The van der Waals surface area contributed by atoms with Gasteiger partial charge in [0, 0.05) is 37.8 Å². The summed E-state index contributed by atoms with van der Waals surface area (Å²) in [5.41, 5.74) is -1.29. The van der Waals surface area contributed by atoms with Crippen LogP contribution in [0.4, 0.5) is 0 Å². The second kappa shape index (κ2) is 9.87. The number of benzene rings is 1. The molecule has 5 rings (SSSR count). The van der Waals surface area contributed by atoms with E-state index in [1.54, 1.807) is 20.4 Å². The van der Waals surface area contributed by atoms with Gasteiger partial charge in [0.05, 0.1) is 19.5 Å². The van der Waals surface area contributed by atoms with Gasteiger partial charge in [-0.2, -0.15) is 8.42 Å². The molecule has 1 saturated heterocycles. The Bertz CT molecular complexity index is 1490. The molecule has 0 spiro atoms. The first-order valence-corrected chi connectivity index (χ1v) is 13.8. The van der Waals surface area contributed by atoms with Gasteiger partial charge in [0.2, 0.25) is 11.8 Å². The molecule has 1 saturated carbocycles. The van der Waals surface area contributed by atoms with Gasteiger partial charge in [0.15, 0.2) is 5.03 Å². The van der Waals surface area contributed by atoms with Gasteiger partial charge in [-0.15, -0.1) is 0 Å². The first-order valence-electron chi connectivity index (χ1n) is 12.3. The van der Waals surface area contributed by atoms with Crippen LogP contribution < -0.4 is 24.8 Å². The minimum atomic E-state index is -4.17. The highest BCUT2D eigenvalue weighted by Gasteiger charge is 2.61. The zero-order valence-corrected chi connectivity index (χ0v) is 22.1. The maximum atomic E-state index is 13.2. The Hall–Kier alpha value is -3.71. The molecule has 4 atom stereocenters. The zero-order valence-electron chi connectivity index (χ0n) is 21.3. The van der Waals surface area contributed by atoms with Crippen molar-refractivity contribution in [3.63, 3.8) is 0 Å². The van der Waals surface area contributed by atoms with Gasteiger partial charge in [-0.3, -0.25) is 9.59 Å². The molecule has 2 amide bonds. The first-order chi connectivity index (χ1) is 18.1. The lowest BCUT2D eigenvalue weighted by Crippen LogP contribution is -2.55. The monoisotopic (exact) mass is 542 g/mol. The highest BCUT2D eigenvalue weighted by molar-refractivity contribution is 7.90. The Labute approximate surface area is 220 Å². The largest absolute Gasteiger partial charge is 0.497 e. The average molecular weight is 543 g/mol. The molecular weight excluding hydrogens is 512 g/mol. The van der Waals surface area contributed by atoms with E-state index >= 15 is 0 Å². The molecule has 3 heterocycles. The lowest BCUT2D eigenvalue weighted by Gasteiger charge is -2.21. The Balaban J connectivity index is 1.24. The third-order valence-corrected chi connectivity index (χ3v) is 8.37. The van der Waals surface area contributed by atoms with Crippen molar-refractivity contribution in [3.8, 4) is 11.6 Å². The third kappa shape index (κ3) is 4.90.